The van der Waals surface area contributed by atoms with E-state index in [9.17, 15) is 0 Å². The van der Waals surface area contributed by atoms with Gasteiger partial charge < -0.3 is 10.1 Å². The Morgan fingerprint density at radius 1 is 1.00 bits per heavy atom. The third-order valence-corrected chi connectivity index (χ3v) is 3.06. The van der Waals surface area contributed by atoms with Gasteiger partial charge in [-0.25, -0.2) is 0 Å². The van der Waals surface area contributed by atoms with E-state index >= 15 is 0 Å². The molecule has 2 unspecified atom stereocenters. The second kappa shape index (κ2) is 10.4. The minimum absolute atomic E-state index is 0.390. The highest BCUT2D eigenvalue weighted by Crippen LogP contribution is 2.13. The van der Waals surface area contributed by atoms with Crippen LogP contribution in [0.4, 0.5) is 0 Å². The molecule has 0 aliphatic carbocycles. The van der Waals surface area contributed by atoms with Crippen molar-refractivity contribution in [1.82, 2.24) is 5.32 Å². The summed E-state index contributed by atoms with van der Waals surface area (Å²) in [5.41, 5.74) is 0. The maximum Gasteiger partial charge on any atom is 0.0724 e. The Morgan fingerprint density at radius 3 is 2.20 bits per heavy atom. The number of rotatable bonds is 10. The van der Waals surface area contributed by atoms with E-state index in [1.807, 2.05) is 14.2 Å². The highest BCUT2D eigenvalue weighted by Gasteiger charge is 2.17. The van der Waals surface area contributed by atoms with Gasteiger partial charge in [-0.2, -0.15) is 0 Å². The highest BCUT2D eigenvalue weighted by molar-refractivity contribution is 4.75. The monoisotopic (exact) mass is 215 g/mol. The van der Waals surface area contributed by atoms with Crippen LogP contribution >= 0.6 is 0 Å². The van der Waals surface area contributed by atoms with Crippen molar-refractivity contribution < 1.29 is 4.74 Å². The molecular formula is C13H29NO. The molecular weight excluding hydrogens is 186 g/mol. The van der Waals surface area contributed by atoms with E-state index in [1.54, 1.807) is 0 Å². The second-order valence-corrected chi connectivity index (χ2v) is 4.31. The normalized spacial score (nSPS) is 15.2. The molecule has 0 saturated carbocycles. The Labute approximate surface area is 95.8 Å². The molecule has 15 heavy (non-hydrogen) atoms. The molecule has 2 atom stereocenters. The fourth-order valence-electron chi connectivity index (χ4n) is 2.07. The molecule has 0 aliphatic rings. The molecule has 0 amide bonds. The summed E-state index contributed by atoms with van der Waals surface area (Å²) in [6.45, 7) is 4.47. The summed E-state index contributed by atoms with van der Waals surface area (Å²) in [6, 6.07) is 0.534. The first-order chi connectivity index (χ1) is 7.29. The summed E-state index contributed by atoms with van der Waals surface area (Å²) < 4.78 is 5.54. The van der Waals surface area contributed by atoms with E-state index < -0.39 is 0 Å². The molecule has 0 fully saturated rings. The number of methoxy groups -OCH3 is 1. The van der Waals surface area contributed by atoms with Crippen LogP contribution in [0, 0.1) is 0 Å². The lowest BCUT2D eigenvalue weighted by Gasteiger charge is -2.25. The van der Waals surface area contributed by atoms with E-state index in [0.717, 1.165) is 6.42 Å². The number of likely N-dealkylation sites (N-methyl/N-ethyl adjacent to an activating group) is 1. The van der Waals surface area contributed by atoms with Crippen LogP contribution in [0.15, 0.2) is 0 Å². The van der Waals surface area contributed by atoms with Crippen molar-refractivity contribution in [1.29, 1.82) is 0 Å². The fraction of sp³-hybridized carbons (Fsp3) is 1.00. The Morgan fingerprint density at radius 2 is 1.73 bits per heavy atom. The van der Waals surface area contributed by atoms with Gasteiger partial charge in [0.05, 0.1) is 6.10 Å². The van der Waals surface area contributed by atoms with Crippen LogP contribution in [0.3, 0.4) is 0 Å². The van der Waals surface area contributed by atoms with Crippen LogP contribution < -0.4 is 5.32 Å². The van der Waals surface area contributed by atoms with Crippen molar-refractivity contribution in [3.63, 3.8) is 0 Å². The van der Waals surface area contributed by atoms with Crippen molar-refractivity contribution in [2.45, 2.75) is 70.9 Å². The smallest absolute Gasteiger partial charge is 0.0724 e. The summed E-state index contributed by atoms with van der Waals surface area (Å²) in [6.07, 6.45) is 9.35. The lowest BCUT2D eigenvalue weighted by molar-refractivity contribution is 0.0597. The van der Waals surface area contributed by atoms with Crippen LogP contribution in [-0.4, -0.2) is 26.3 Å². The molecule has 0 aromatic heterocycles. The van der Waals surface area contributed by atoms with Crippen LogP contribution in [0.2, 0.25) is 0 Å². The predicted octanol–water partition coefficient (Wildman–Crippen LogP) is 3.36. The third kappa shape index (κ3) is 6.91. The number of hydrogen-bond acceptors (Lipinski definition) is 2. The summed E-state index contributed by atoms with van der Waals surface area (Å²) >= 11 is 0. The molecule has 0 radical (unpaired) electrons. The number of ether oxygens (including phenoxy) is 1. The van der Waals surface area contributed by atoms with Gasteiger partial charge in [0, 0.05) is 13.2 Å². The van der Waals surface area contributed by atoms with Crippen LogP contribution in [0.25, 0.3) is 0 Å². The average molecular weight is 215 g/mol. The van der Waals surface area contributed by atoms with Crippen molar-refractivity contribution in [3.8, 4) is 0 Å². The molecule has 0 bridgehead atoms. The van der Waals surface area contributed by atoms with Crippen molar-refractivity contribution in [2.75, 3.05) is 14.2 Å². The van der Waals surface area contributed by atoms with Gasteiger partial charge in [0.15, 0.2) is 0 Å². The minimum atomic E-state index is 0.390. The molecule has 1 N–H and O–H groups in total. The quantitative estimate of drug-likeness (QED) is 0.564. The van der Waals surface area contributed by atoms with Gasteiger partial charge in [0.2, 0.25) is 0 Å². The van der Waals surface area contributed by atoms with Crippen molar-refractivity contribution >= 4 is 0 Å². The summed E-state index contributed by atoms with van der Waals surface area (Å²) in [7, 11) is 3.88. The molecule has 0 spiro atoms. The Kier molecular flexibility index (Phi) is 10.4. The third-order valence-electron chi connectivity index (χ3n) is 3.06. The largest absolute Gasteiger partial charge is 0.380 e. The number of hydrogen-bond donors (Lipinski definition) is 1. The average Bonchev–Trinajstić information content (AvgIpc) is 2.27. The number of unbranched alkanes of at least 4 members (excludes halogenated alkanes) is 3. The molecule has 2 nitrogen and oxygen atoms in total. The van der Waals surface area contributed by atoms with E-state index in [0.29, 0.717) is 12.1 Å². The van der Waals surface area contributed by atoms with Gasteiger partial charge in [0.1, 0.15) is 0 Å². The van der Waals surface area contributed by atoms with Gasteiger partial charge in [-0.15, -0.1) is 0 Å². The molecule has 0 aliphatic heterocycles. The van der Waals surface area contributed by atoms with Gasteiger partial charge in [-0.1, -0.05) is 46.0 Å². The van der Waals surface area contributed by atoms with Gasteiger partial charge in [0.25, 0.3) is 0 Å². The molecule has 0 aromatic rings. The zero-order chi connectivity index (χ0) is 11.5. The van der Waals surface area contributed by atoms with Gasteiger partial charge in [-0.3, -0.25) is 0 Å². The Bertz CT molecular complexity index is 128. The molecule has 0 saturated heterocycles. The van der Waals surface area contributed by atoms with Crippen molar-refractivity contribution in [3.05, 3.63) is 0 Å². The maximum atomic E-state index is 5.54. The van der Waals surface area contributed by atoms with E-state index in [1.165, 1.54) is 38.5 Å². The minimum Gasteiger partial charge on any atom is -0.380 e. The Hall–Kier alpha value is -0.0800. The first kappa shape index (κ1) is 14.9. The topological polar surface area (TPSA) is 21.3 Å². The van der Waals surface area contributed by atoms with E-state index in [2.05, 4.69) is 19.2 Å². The molecule has 2 heteroatoms. The predicted molar refractivity (Wildman–Crippen MR) is 67.3 cm³/mol. The standard InChI is InChI=1S/C13H29NO/c1-5-7-8-9-11-12(14-3)13(15-4)10-6-2/h12-14H,5-11H2,1-4H3. The highest BCUT2D eigenvalue weighted by atomic mass is 16.5. The summed E-state index contributed by atoms with van der Waals surface area (Å²) in [5.74, 6) is 0. The maximum absolute atomic E-state index is 5.54. The van der Waals surface area contributed by atoms with Crippen LogP contribution in [0.1, 0.15) is 58.8 Å². The summed E-state index contributed by atoms with van der Waals surface area (Å²) in [5, 5.41) is 3.39. The fourth-order valence-corrected chi connectivity index (χ4v) is 2.07. The summed E-state index contributed by atoms with van der Waals surface area (Å²) in [4.78, 5) is 0. The lowest BCUT2D eigenvalue weighted by atomic mass is 9.99. The van der Waals surface area contributed by atoms with Gasteiger partial charge >= 0.3 is 0 Å². The first-order valence-electron chi connectivity index (χ1n) is 6.50. The molecule has 0 rings (SSSR count). The Balaban J connectivity index is 3.76. The van der Waals surface area contributed by atoms with Crippen LogP contribution in [0.5, 0.6) is 0 Å². The number of nitrogens with one attached hydrogen (secondary N) is 1. The lowest BCUT2D eigenvalue weighted by Crippen LogP contribution is -2.38. The molecule has 0 heterocycles. The first-order valence-corrected chi connectivity index (χ1v) is 6.50. The van der Waals surface area contributed by atoms with Crippen LogP contribution in [-0.2, 0) is 4.74 Å². The van der Waals surface area contributed by atoms with E-state index in [-0.39, 0.29) is 0 Å². The van der Waals surface area contributed by atoms with E-state index in [4.69, 9.17) is 4.74 Å². The van der Waals surface area contributed by atoms with Gasteiger partial charge in [-0.05, 0) is 19.9 Å². The molecule has 0 aromatic carbocycles. The zero-order valence-corrected chi connectivity index (χ0v) is 11.0. The van der Waals surface area contributed by atoms with Crippen molar-refractivity contribution in [2.24, 2.45) is 0 Å². The SMILES string of the molecule is CCCCCCC(NC)C(CCC)OC. The molecule has 92 valence electrons. The second-order valence-electron chi connectivity index (χ2n) is 4.31. The zero-order valence-electron chi connectivity index (χ0n) is 11.0.